The third-order valence-corrected chi connectivity index (χ3v) is 3.61. The minimum absolute atomic E-state index is 0.0622. The Morgan fingerprint density at radius 3 is 2.78 bits per heavy atom. The number of aromatic nitrogens is 2. The summed E-state index contributed by atoms with van der Waals surface area (Å²) in [5, 5.41) is 25.0. The second-order valence-corrected chi connectivity index (χ2v) is 5.01. The molecule has 0 bridgehead atoms. The highest BCUT2D eigenvalue weighted by Gasteiger charge is 2.41. The van der Waals surface area contributed by atoms with Crippen molar-refractivity contribution in [3.8, 4) is 0 Å². The topological polar surface area (TPSA) is 87.4 Å². The summed E-state index contributed by atoms with van der Waals surface area (Å²) in [7, 11) is 0. The molecule has 6 nitrogen and oxygen atoms in total. The van der Waals surface area contributed by atoms with E-state index in [9.17, 15) is 9.90 Å². The molecule has 1 heterocycles. The van der Waals surface area contributed by atoms with Gasteiger partial charge < -0.3 is 15.5 Å². The van der Waals surface area contributed by atoms with Crippen LogP contribution >= 0.6 is 11.6 Å². The van der Waals surface area contributed by atoms with E-state index < -0.39 is 5.56 Å². The third kappa shape index (κ3) is 2.66. The lowest BCUT2D eigenvalue weighted by Gasteiger charge is -2.14. The molecule has 0 atom stereocenters. The summed E-state index contributed by atoms with van der Waals surface area (Å²) in [5.41, 5.74) is -0.0244. The highest BCUT2D eigenvalue weighted by Crippen LogP contribution is 2.45. The van der Waals surface area contributed by atoms with Crippen LogP contribution in [-0.2, 0) is 6.54 Å². The summed E-state index contributed by atoms with van der Waals surface area (Å²) in [6.45, 7) is 0.671. The molecule has 0 radical (unpaired) electrons. The molecule has 3 N–H and O–H groups in total. The molecular formula is C11H16ClN3O3. The summed E-state index contributed by atoms with van der Waals surface area (Å²) in [5.74, 6) is 0. The molecule has 0 aromatic carbocycles. The number of nitrogens with zero attached hydrogens (tertiary/aromatic N) is 2. The van der Waals surface area contributed by atoms with E-state index in [0.29, 0.717) is 12.2 Å². The van der Waals surface area contributed by atoms with Crippen LogP contribution in [0.3, 0.4) is 0 Å². The Bertz CT molecular complexity index is 485. The molecular weight excluding hydrogens is 258 g/mol. The first kappa shape index (κ1) is 13.3. The number of aliphatic hydroxyl groups is 2. The van der Waals surface area contributed by atoms with Gasteiger partial charge in [-0.3, -0.25) is 4.79 Å². The number of halogens is 1. The van der Waals surface area contributed by atoms with E-state index in [4.69, 9.17) is 16.7 Å². The Labute approximate surface area is 109 Å². The normalized spacial score (nSPS) is 16.6. The van der Waals surface area contributed by atoms with Gasteiger partial charge in [0.15, 0.2) is 0 Å². The predicted molar refractivity (Wildman–Crippen MR) is 67.8 cm³/mol. The van der Waals surface area contributed by atoms with Gasteiger partial charge in [-0.05, 0) is 12.8 Å². The monoisotopic (exact) mass is 273 g/mol. The third-order valence-electron chi connectivity index (χ3n) is 3.24. The highest BCUT2D eigenvalue weighted by molar-refractivity contribution is 6.32. The SMILES string of the molecule is O=c1c(Cl)c(NCC2(CO)CC2)cnn1CCO. The molecule has 2 rings (SSSR count). The van der Waals surface area contributed by atoms with Crippen molar-refractivity contribution >= 4 is 17.3 Å². The zero-order valence-electron chi connectivity index (χ0n) is 9.90. The van der Waals surface area contributed by atoms with Gasteiger partial charge in [-0.2, -0.15) is 5.10 Å². The summed E-state index contributed by atoms with van der Waals surface area (Å²) >= 11 is 5.95. The van der Waals surface area contributed by atoms with Gasteiger partial charge in [-0.15, -0.1) is 0 Å². The summed E-state index contributed by atoms with van der Waals surface area (Å²) in [6.07, 6.45) is 3.42. The van der Waals surface area contributed by atoms with Crippen LogP contribution in [0.15, 0.2) is 11.0 Å². The summed E-state index contributed by atoms with van der Waals surface area (Å²) in [6, 6.07) is 0. The minimum Gasteiger partial charge on any atom is -0.396 e. The van der Waals surface area contributed by atoms with Crippen LogP contribution in [0.25, 0.3) is 0 Å². The number of hydrogen-bond acceptors (Lipinski definition) is 5. The van der Waals surface area contributed by atoms with Crippen molar-refractivity contribution in [3.63, 3.8) is 0 Å². The fourth-order valence-electron chi connectivity index (χ4n) is 1.69. The van der Waals surface area contributed by atoms with Gasteiger partial charge in [0.2, 0.25) is 0 Å². The van der Waals surface area contributed by atoms with Crippen molar-refractivity contribution in [1.82, 2.24) is 9.78 Å². The van der Waals surface area contributed by atoms with E-state index in [-0.39, 0.29) is 30.2 Å². The highest BCUT2D eigenvalue weighted by atomic mass is 35.5. The maximum absolute atomic E-state index is 11.8. The molecule has 0 saturated heterocycles. The zero-order valence-corrected chi connectivity index (χ0v) is 10.7. The van der Waals surface area contributed by atoms with Crippen LogP contribution in [0.5, 0.6) is 0 Å². The first-order chi connectivity index (χ1) is 8.62. The molecule has 1 aliphatic rings. The maximum Gasteiger partial charge on any atom is 0.287 e. The Hall–Kier alpha value is -1.11. The molecule has 1 aliphatic carbocycles. The molecule has 1 aromatic heterocycles. The van der Waals surface area contributed by atoms with Crippen LogP contribution in [0.4, 0.5) is 5.69 Å². The number of aliphatic hydroxyl groups excluding tert-OH is 2. The first-order valence-electron chi connectivity index (χ1n) is 5.83. The minimum atomic E-state index is -0.426. The second-order valence-electron chi connectivity index (χ2n) is 4.64. The maximum atomic E-state index is 11.8. The molecule has 18 heavy (non-hydrogen) atoms. The molecule has 0 aliphatic heterocycles. The van der Waals surface area contributed by atoms with Crippen molar-refractivity contribution in [3.05, 3.63) is 21.6 Å². The van der Waals surface area contributed by atoms with Gasteiger partial charge in [0.05, 0.1) is 31.6 Å². The average molecular weight is 274 g/mol. The predicted octanol–water partition coefficient (Wildman–Crippen LogP) is 0.0734. The van der Waals surface area contributed by atoms with E-state index in [1.165, 1.54) is 6.20 Å². The molecule has 1 fully saturated rings. The quantitative estimate of drug-likeness (QED) is 0.683. The molecule has 0 spiro atoms. The summed E-state index contributed by atoms with van der Waals surface area (Å²) < 4.78 is 1.12. The second kappa shape index (κ2) is 5.26. The van der Waals surface area contributed by atoms with Crippen molar-refractivity contribution in [1.29, 1.82) is 0 Å². The Morgan fingerprint density at radius 2 is 2.22 bits per heavy atom. The van der Waals surface area contributed by atoms with Crippen LogP contribution in [-0.4, -0.2) is 39.8 Å². The van der Waals surface area contributed by atoms with Gasteiger partial charge in [-0.25, -0.2) is 4.68 Å². The Morgan fingerprint density at radius 1 is 1.50 bits per heavy atom. The van der Waals surface area contributed by atoms with E-state index >= 15 is 0 Å². The lowest BCUT2D eigenvalue weighted by Crippen LogP contribution is -2.27. The first-order valence-corrected chi connectivity index (χ1v) is 6.21. The molecule has 0 amide bonds. The number of anilines is 1. The van der Waals surface area contributed by atoms with Crippen molar-refractivity contribution in [2.24, 2.45) is 5.41 Å². The molecule has 0 unspecified atom stereocenters. The van der Waals surface area contributed by atoms with Gasteiger partial charge >= 0.3 is 0 Å². The molecule has 1 aromatic rings. The zero-order chi connectivity index (χ0) is 13.2. The number of hydrogen-bond donors (Lipinski definition) is 3. The van der Waals surface area contributed by atoms with E-state index in [0.717, 1.165) is 17.5 Å². The van der Waals surface area contributed by atoms with E-state index in [1.54, 1.807) is 0 Å². The van der Waals surface area contributed by atoms with E-state index in [1.807, 2.05) is 0 Å². The molecule has 100 valence electrons. The van der Waals surface area contributed by atoms with E-state index in [2.05, 4.69) is 10.4 Å². The fourth-order valence-corrected chi connectivity index (χ4v) is 1.91. The van der Waals surface area contributed by atoms with Gasteiger partial charge in [-0.1, -0.05) is 11.6 Å². The van der Waals surface area contributed by atoms with Crippen molar-refractivity contribution in [2.45, 2.75) is 19.4 Å². The largest absolute Gasteiger partial charge is 0.396 e. The van der Waals surface area contributed by atoms with Crippen molar-refractivity contribution < 1.29 is 10.2 Å². The lowest BCUT2D eigenvalue weighted by atomic mass is 10.1. The number of nitrogens with one attached hydrogen (secondary N) is 1. The Kier molecular flexibility index (Phi) is 3.89. The van der Waals surface area contributed by atoms with Gasteiger partial charge in [0.1, 0.15) is 5.02 Å². The molecule has 1 saturated carbocycles. The van der Waals surface area contributed by atoms with Crippen LogP contribution in [0.1, 0.15) is 12.8 Å². The molecule has 7 heteroatoms. The smallest absolute Gasteiger partial charge is 0.287 e. The Balaban J connectivity index is 2.10. The lowest BCUT2D eigenvalue weighted by molar-refractivity contribution is 0.219. The van der Waals surface area contributed by atoms with Crippen LogP contribution in [0, 0.1) is 5.41 Å². The van der Waals surface area contributed by atoms with Gasteiger partial charge in [0, 0.05) is 12.0 Å². The van der Waals surface area contributed by atoms with Crippen LogP contribution in [0.2, 0.25) is 5.02 Å². The standard InChI is InChI=1S/C11H16ClN3O3/c12-9-8(13-6-11(7-17)1-2-11)5-14-15(3-4-16)10(9)18/h5,13,16-17H,1-4,6-7H2. The van der Waals surface area contributed by atoms with Crippen LogP contribution < -0.4 is 10.9 Å². The fraction of sp³-hybridized carbons (Fsp3) is 0.636. The number of rotatable bonds is 6. The van der Waals surface area contributed by atoms with Crippen molar-refractivity contribution in [2.75, 3.05) is 25.1 Å². The summed E-state index contributed by atoms with van der Waals surface area (Å²) in [4.78, 5) is 11.8. The average Bonchev–Trinajstić information content (AvgIpc) is 3.15. The van der Waals surface area contributed by atoms with Gasteiger partial charge in [0.25, 0.3) is 5.56 Å².